The molecular weight excluding hydrogens is 402 g/mol. The number of anilines is 1. The fraction of sp³-hybridized carbons (Fsp3) is 0.455. The van der Waals surface area contributed by atoms with Gasteiger partial charge in [-0.1, -0.05) is 49.2 Å². The zero-order chi connectivity index (χ0) is 21.4. The number of hydrogen-bond donors (Lipinski definition) is 2. The molecule has 1 aromatic carbocycles. The molecule has 2 fully saturated rings. The maximum absolute atomic E-state index is 13.3. The molecule has 1 unspecified atom stereocenters. The summed E-state index contributed by atoms with van der Waals surface area (Å²) < 4.78 is 25.3. The van der Waals surface area contributed by atoms with Crippen molar-refractivity contribution in [3.63, 3.8) is 0 Å². The van der Waals surface area contributed by atoms with Gasteiger partial charge in [0.15, 0.2) is 0 Å². The number of carbonyl (C=O) groups is 1. The van der Waals surface area contributed by atoms with E-state index in [9.17, 15) is 18.3 Å². The number of hydrogen-bond acceptors (Lipinski definition) is 5. The number of nitrogens with zero attached hydrogens (tertiary/aromatic N) is 2. The third-order valence-corrected chi connectivity index (χ3v) is 6.85. The number of amides is 1. The maximum Gasteiger partial charge on any atom is 0.272 e. The second kappa shape index (κ2) is 8.00. The minimum absolute atomic E-state index is 0.0383. The number of carbonyl (C=O) groups excluding carboxylic acids is 1. The van der Waals surface area contributed by atoms with Crippen LogP contribution in [0.25, 0.3) is 0 Å². The predicted molar refractivity (Wildman–Crippen MR) is 114 cm³/mol. The number of pyridine rings is 1. The van der Waals surface area contributed by atoms with Crippen LogP contribution in [-0.2, 0) is 15.6 Å². The van der Waals surface area contributed by atoms with E-state index < -0.39 is 15.6 Å². The molecule has 1 aliphatic heterocycles. The standard InChI is InChI=1S/C22H27N3O4S/c1-30(28,29)24-20-13-7-11-18(23-20)21(26)25-15-14-22(27,16-8-3-2-4-9-16)17-10-5-6-12-19(17)25/h2-4,7-9,11,13,17,19,27H,5-6,10,12,14-15H2,1H3,(H,23,24)/t17-,19+,22?/m0/s1. The van der Waals surface area contributed by atoms with Gasteiger partial charge in [0.2, 0.25) is 10.0 Å². The largest absolute Gasteiger partial charge is 0.385 e. The van der Waals surface area contributed by atoms with Crippen molar-refractivity contribution in [1.29, 1.82) is 0 Å². The first-order chi connectivity index (χ1) is 14.3. The van der Waals surface area contributed by atoms with Gasteiger partial charge >= 0.3 is 0 Å². The molecular formula is C22H27N3O4S. The van der Waals surface area contributed by atoms with Gasteiger partial charge in [-0.2, -0.15) is 0 Å². The van der Waals surface area contributed by atoms with Crippen LogP contribution in [0, 0.1) is 5.92 Å². The Labute approximate surface area is 177 Å². The first-order valence-corrected chi connectivity index (χ1v) is 12.2. The van der Waals surface area contributed by atoms with Crippen LogP contribution in [-0.4, -0.2) is 48.2 Å². The quantitative estimate of drug-likeness (QED) is 0.779. The summed E-state index contributed by atoms with van der Waals surface area (Å²) >= 11 is 0. The van der Waals surface area contributed by atoms with Crippen molar-refractivity contribution in [1.82, 2.24) is 9.88 Å². The highest BCUT2D eigenvalue weighted by atomic mass is 32.2. The van der Waals surface area contributed by atoms with Crippen LogP contribution in [0.4, 0.5) is 5.82 Å². The number of sulfonamides is 1. The van der Waals surface area contributed by atoms with Crippen LogP contribution in [0.2, 0.25) is 0 Å². The Morgan fingerprint density at radius 3 is 2.60 bits per heavy atom. The number of nitrogens with one attached hydrogen (secondary N) is 1. The number of benzene rings is 1. The number of fused-ring (bicyclic) bond motifs is 1. The predicted octanol–water partition coefficient (Wildman–Crippen LogP) is 2.75. The molecule has 160 valence electrons. The molecule has 2 heterocycles. The van der Waals surface area contributed by atoms with Crippen LogP contribution >= 0.6 is 0 Å². The summed E-state index contributed by atoms with van der Waals surface area (Å²) in [4.78, 5) is 19.4. The Bertz CT molecular complexity index is 1030. The zero-order valence-electron chi connectivity index (χ0n) is 17.0. The molecule has 0 bridgehead atoms. The van der Waals surface area contributed by atoms with E-state index in [4.69, 9.17) is 0 Å². The average molecular weight is 430 g/mol. The van der Waals surface area contributed by atoms with Gasteiger partial charge in [-0.15, -0.1) is 0 Å². The van der Waals surface area contributed by atoms with Crippen molar-refractivity contribution < 1.29 is 18.3 Å². The molecule has 1 saturated heterocycles. The number of piperidine rings is 1. The monoisotopic (exact) mass is 429 g/mol. The molecule has 2 aliphatic rings. The molecule has 2 N–H and O–H groups in total. The van der Waals surface area contributed by atoms with Crippen molar-refractivity contribution >= 4 is 21.7 Å². The molecule has 0 radical (unpaired) electrons. The van der Waals surface area contributed by atoms with Crippen LogP contribution < -0.4 is 4.72 Å². The Hall–Kier alpha value is -2.45. The maximum atomic E-state index is 13.3. The van der Waals surface area contributed by atoms with Crippen molar-refractivity contribution in [2.45, 2.75) is 43.7 Å². The number of rotatable bonds is 4. The van der Waals surface area contributed by atoms with E-state index in [2.05, 4.69) is 9.71 Å². The Kier molecular flexibility index (Phi) is 5.55. The fourth-order valence-corrected chi connectivity index (χ4v) is 5.46. The summed E-state index contributed by atoms with van der Waals surface area (Å²) in [5, 5.41) is 11.6. The lowest BCUT2D eigenvalue weighted by molar-refractivity contribution is -0.110. The minimum Gasteiger partial charge on any atom is -0.385 e. The molecule has 3 atom stereocenters. The zero-order valence-corrected chi connectivity index (χ0v) is 17.8. The summed E-state index contributed by atoms with van der Waals surface area (Å²) in [5.41, 5.74) is 0.167. The summed E-state index contributed by atoms with van der Waals surface area (Å²) in [6.07, 6.45) is 5.26. The Balaban J connectivity index is 1.62. The van der Waals surface area contributed by atoms with Crippen molar-refractivity contribution in [3.05, 3.63) is 59.8 Å². The van der Waals surface area contributed by atoms with E-state index in [1.807, 2.05) is 35.2 Å². The van der Waals surface area contributed by atoms with Crippen LogP contribution in [0.15, 0.2) is 48.5 Å². The molecule has 30 heavy (non-hydrogen) atoms. The minimum atomic E-state index is -3.48. The lowest BCUT2D eigenvalue weighted by atomic mass is 9.66. The summed E-state index contributed by atoms with van der Waals surface area (Å²) in [6, 6.07) is 14.4. The van der Waals surface area contributed by atoms with Crippen LogP contribution in [0.3, 0.4) is 0 Å². The van der Waals surface area contributed by atoms with E-state index in [0.29, 0.717) is 13.0 Å². The van der Waals surface area contributed by atoms with Gasteiger partial charge in [0, 0.05) is 18.5 Å². The highest BCUT2D eigenvalue weighted by Gasteiger charge is 2.50. The van der Waals surface area contributed by atoms with Crippen molar-refractivity contribution in [2.24, 2.45) is 5.92 Å². The van der Waals surface area contributed by atoms with Crippen LogP contribution in [0.5, 0.6) is 0 Å². The van der Waals surface area contributed by atoms with Gasteiger partial charge in [-0.05, 0) is 37.0 Å². The van der Waals surface area contributed by atoms with Crippen molar-refractivity contribution in [3.8, 4) is 0 Å². The second-order valence-electron chi connectivity index (χ2n) is 8.28. The highest BCUT2D eigenvalue weighted by molar-refractivity contribution is 7.92. The van der Waals surface area contributed by atoms with E-state index in [-0.39, 0.29) is 29.4 Å². The third-order valence-electron chi connectivity index (χ3n) is 6.27. The lowest BCUT2D eigenvalue weighted by Gasteiger charge is -2.52. The fourth-order valence-electron chi connectivity index (χ4n) is 4.97. The number of likely N-dealkylation sites (tertiary alicyclic amines) is 1. The SMILES string of the molecule is CS(=O)(=O)Nc1cccc(C(=O)N2CCC(O)(c3ccccc3)[C@H]3CCCC[C@H]32)n1. The van der Waals surface area contributed by atoms with Gasteiger partial charge in [0.05, 0.1) is 11.9 Å². The Morgan fingerprint density at radius 2 is 1.87 bits per heavy atom. The number of aromatic nitrogens is 1. The summed E-state index contributed by atoms with van der Waals surface area (Å²) in [6.45, 7) is 0.427. The van der Waals surface area contributed by atoms with Gasteiger partial charge in [0.25, 0.3) is 5.91 Å². The molecule has 7 nitrogen and oxygen atoms in total. The smallest absolute Gasteiger partial charge is 0.272 e. The third kappa shape index (κ3) is 4.06. The molecule has 4 rings (SSSR count). The molecule has 1 aliphatic carbocycles. The van der Waals surface area contributed by atoms with Gasteiger partial charge in [-0.3, -0.25) is 9.52 Å². The summed E-state index contributed by atoms with van der Waals surface area (Å²) in [5.74, 6) is -0.135. The normalized spacial score (nSPS) is 26.7. The molecule has 1 aromatic heterocycles. The second-order valence-corrected chi connectivity index (χ2v) is 10.0. The number of aliphatic hydroxyl groups is 1. The molecule has 2 aromatic rings. The van der Waals surface area contributed by atoms with Gasteiger partial charge in [-0.25, -0.2) is 13.4 Å². The van der Waals surface area contributed by atoms with Gasteiger partial charge < -0.3 is 10.0 Å². The summed E-state index contributed by atoms with van der Waals surface area (Å²) in [7, 11) is -3.48. The average Bonchev–Trinajstić information content (AvgIpc) is 2.73. The highest BCUT2D eigenvalue weighted by Crippen LogP contribution is 2.47. The molecule has 1 saturated carbocycles. The molecule has 8 heteroatoms. The lowest BCUT2D eigenvalue weighted by Crippen LogP contribution is -2.59. The van der Waals surface area contributed by atoms with Crippen LogP contribution in [0.1, 0.15) is 48.2 Å². The first kappa shape index (κ1) is 20.8. The molecule has 1 amide bonds. The van der Waals surface area contributed by atoms with Crippen molar-refractivity contribution in [2.75, 3.05) is 17.5 Å². The van der Waals surface area contributed by atoms with E-state index in [0.717, 1.165) is 37.5 Å². The van der Waals surface area contributed by atoms with E-state index in [1.54, 1.807) is 12.1 Å². The molecule has 0 spiro atoms. The Morgan fingerprint density at radius 1 is 1.13 bits per heavy atom. The first-order valence-electron chi connectivity index (χ1n) is 10.3. The topological polar surface area (TPSA) is 99.6 Å². The van der Waals surface area contributed by atoms with E-state index >= 15 is 0 Å². The van der Waals surface area contributed by atoms with E-state index in [1.165, 1.54) is 6.07 Å². The van der Waals surface area contributed by atoms with Gasteiger partial charge in [0.1, 0.15) is 11.5 Å².